The maximum absolute atomic E-state index is 12.4. The van der Waals surface area contributed by atoms with Gasteiger partial charge in [-0.1, -0.05) is 18.2 Å². The molecule has 1 saturated heterocycles. The number of para-hydroxylation sites is 1. The number of amides is 1. The molecule has 0 saturated carbocycles. The lowest BCUT2D eigenvalue weighted by atomic mass is 9.67. The van der Waals surface area contributed by atoms with Crippen molar-refractivity contribution in [1.82, 2.24) is 0 Å². The molecule has 3 atom stereocenters. The number of nitriles is 2. The first-order valence-electron chi connectivity index (χ1n) is 6.90. The van der Waals surface area contributed by atoms with Crippen molar-refractivity contribution >= 4 is 11.6 Å². The number of hydrogen-bond donors (Lipinski definition) is 1. The van der Waals surface area contributed by atoms with E-state index in [0.29, 0.717) is 17.7 Å². The van der Waals surface area contributed by atoms with Crippen molar-refractivity contribution in [2.45, 2.75) is 43.2 Å². The highest BCUT2D eigenvalue weighted by atomic mass is 16.3. The summed E-state index contributed by atoms with van der Waals surface area (Å²) in [6, 6.07) is 10.7. The second-order valence-electron chi connectivity index (χ2n) is 5.96. The van der Waals surface area contributed by atoms with Gasteiger partial charge in [-0.2, -0.15) is 10.5 Å². The number of anilines is 1. The average Bonchev–Trinajstić information content (AvgIpc) is 2.77. The van der Waals surface area contributed by atoms with E-state index in [1.54, 1.807) is 31.2 Å². The number of nitrogens with zero attached hydrogens (tertiary/aromatic N) is 3. The highest BCUT2D eigenvalue weighted by Crippen LogP contribution is 2.53. The fourth-order valence-electron chi connectivity index (χ4n) is 3.75. The number of benzene rings is 1. The molecular weight excluding hydrogens is 266 g/mol. The van der Waals surface area contributed by atoms with Crippen molar-refractivity contribution in [2.24, 2.45) is 0 Å². The molecule has 2 aliphatic heterocycles. The molecule has 2 heterocycles. The van der Waals surface area contributed by atoms with Gasteiger partial charge in [0.2, 0.25) is 5.91 Å². The number of rotatable bonds is 1. The minimum absolute atomic E-state index is 0.0505. The summed E-state index contributed by atoms with van der Waals surface area (Å²) < 4.78 is 0. The summed E-state index contributed by atoms with van der Waals surface area (Å²) >= 11 is 0. The average molecular weight is 281 g/mol. The topological polar surface area (TPSA) is 88.1 Å². The Hall–Kier alpha value is -2.37. The van der Waals surface area contributed by atoms with Crippen molar-refractivity contribution in [3.05, 3.63) is 29.8 Å². The maximum Gasteiger partial charge on any atom is 0.227 e. The van der Waals surface area contributed by atoms with Gasteiger partial charge in [0.15, 0.2) is 0 Å². The summed E-state index contributed by atoms with van der Waals surface area (Å²) in [5.74, 6) is -0.103. The van der Waals surface area contributed by atoms with Gasteiger partial charge in [0.25, 0.3) is 0 Å². The third-order valence-corrected chi connectivity index (χ3v) is 4.63. The normalized spacial score (nSPS) is 33.8. The zero-order chi connectivity index (χ0) is 15.3. The lowest BCUT2D eigenvalue weighted by Gasteiger charge is -2.45. The largest absolute Gasteiger partial charge is 0.388 e. The molecule has 3 rings (SSSR count). The Kier molecular flexibility index (Phi) is 2.79. The maximum atomic E-state index is 12.4. The van der Waals surface area contributed by atoms with Crippen molar-refractivity contribution in [3.8, 4) is 12.1 Å². The van der Waals surface area contributed by atoms with Gasteiger partial charge in [0, 0.05) is 12.1 Å². The zero-order valence-electron chi connectivity index (χ0n) is 11.7. The quantitative estimate of drug-likeness (QED) is 0.847. The number of aliphatic hydroxyl groups is 1. The van der Waals surface area contributed by atoms with Crippen LogP contribution in [0.5, 0.6) is 0 Å². The minimum Gasteiger partial charge on any atom is -0.388 e. The van der Waals surface area contributed by atoms with Crippen molar-refractivity contribution in [2.75, 3.05) is 4.90 Å². The fourth-order valence-corrected chi connectivity index (χ4v) is 3.75. The van der Waals surface area contributed by atoms with E-state index in [1.165, 1.54) is 4.90 Å². The lowest BCUT2D eigenvalue weighted by Crippen LogP contribution is -2.62. The second-order valence-corrected chi connectivity index (χ2v) is 5.96. The monoisotopic (exact) mass is 281 g/mol. The number of fused-ring (bicyclic) bond motifs is 3. The van der Waals surface area contributed by atoms with Gasteiger partial charge in [0.05, 0.1) is 30.2 Å². The third-order valence-electron chi connectivity index (χ3n) is 4.63. The molecule has 1 aromatic rings. The van der Waals surface area contributed by atoms with Crippen LogP contribution in [0.4, 0.5) is 5.69 Å². The van der Waals surface area contributed by atoms with Gasteiger partial charge in [-0.25, -0.2) is 0 Å². The second kappa shape index (κ2) is 4.31. The standard InChI is InChI=1S/C16H15N3O2/c1-15(21)7-6-13(20)19-12-5-3-2-4-11(12)16(10-18,8-9-17)14(15)19/h2-5,14,21H,6-8H2,1H3/t14-,15-,16-/m0/s1. The zero-order valence-corrected chi connectivity index (χ0v) is 11.7. The summed E-state index contributed by atoms with van der Waals surface area (Å²) in [5.41, 5.74) is -1.07. The predicted octanol–water partition coefficient (Wildman–Crippen LogP) is 1.62. The first-order valence-corrected chi connectivity index (χ1v) is 6.90. The molecular formula is C16H15N3O2. The molecule has 5 heteroatoms. The predicted molar refractivity (Wildman–Crippen MR) is 75.1 cm³/mol. The molecule has 0 bridgehead atoms. The number of hydrogen-bond acceptors (Lipinski definition) is 4. The summed E-state index contributed by atoms with van der Waals surface area (Å²) in [5, 5.41) is 29.8. The van der Waals surface area contributed by atoms with E-state index >= 15 is 0 Å². The summed E-state index contributed by atoms with van der Waals surface area (Å²) in [6.45, 7) is 1.65. The summed E-state index contributed by atoms with van der Waals surface area (Å²) in [7, 11) is 0. The number of piperidine rings is 1. The van der Waals surface area contributed by atoms with Crippen molar-refractivity contribution in [1.29, 1.82) is 10.5 Å². The van der Waals surface area contributed by atoms with E-state index in [2.05, 4.69) is 12.1 Å². The van der Waals surface area contributed by atoms with Crippen LogP contribution in [0.15, 0.2) is 24.3 Å². The van der Waals surface area contributed by atoms with E-state index in [4.69, 9.17) is 0 Å². The van der Waals surface area contributed by atoms with Gasteiger partial charge >= 0.3 is 0 Å². The molecule has 0 radical (unpaired) electrons. The van der Waals surface area contributed by atoms with E-state index in [9.17, 15) is 20.4 Å². The Labute approximate surface area is 123 Å². The SMILES string of the molecule is C[C@]1(O)CCC(=O)N2c3ccccc3[C@@](C#N)(CC#N)[C@@H]21. The molecule has 1 fully saturated rings. The Morgan fingerprint density at radius 3 is 2.81 bits per heavy atom. The van der Waals surface area contributed by atoms with Crippen LogP contribution < -0.4 is 4.90 Å². The minimum atomic E-state index is -1.19. The highest BCUT2D eigenvalue weighted by Gasteiger charge is 2.61. The first-order chi connectivity index (χ1) is 9.98. The molecule has 1 N–H and O–H groups in total. The Balaban J connectivity index is 2.31. The van der Waals surface area contributed by atoms with Crippen LogP contribution >= 0.6 is 0 Å². The molecule has 21 heavy (non-hydrogen) atoms. The Bertz CT molecular complexity index is 698. The van der Waals surface area contributed by atoms with Crippen LogP contribution in [0.3, 0.4) is 0 Å². The van der Waals surface area contributed by atoms with Gasteiger partial charge < -0.3 is 10.0 Å². The molecule has 106 valence electrons. The van der Waals surface area contributed by atoms with Crippen LogP contribution in [0.25, 0.3) is 0 Å². The first kappa shape index (κ1) is 13.6. The molecule has 1 aromatic carbocycles. The van der Waals surface area contributed by atoms with E-state index in [0.717, 1.165) is 0 Å². The van der Waals surface area contributed by atoms with Crippen LogP contribution in [0.2, 0.25) is 0 Å². The van der Waals surface area contributed by atoms with Gasteiger partial charge in [-0.15, -0.1) is 0 Å². The molecule has 5 nitrogen and oxygen atoms in total. The highest BCUT2D eigenvalue weighted by molar-refractivity contribution is 5.99. The van der Waals surface area contributed by atoms with E-state index in [-0.39, 0.29) is 18.7 Å². The molecule has 0 aromatic heterocycles. The number of carbonyl (C=O) groups excluding carboxylic acids is 1. The summed E-state index contributed by atoms with van der Waals surface area (Å²) in [4.78, 5) is 13.9. The molecule has 1 amide bonds. The van der Waals surface area contributed by atoms with Crippen molar-refractivity contribution in [3.63, 3.8) is 0 Å². The van der Waals surface area contributed by atoms with Crippen LogP contribution in [0, 0.1) is 22.7 Å². The smallest absolute Gasteiger partial charge is 0.227 e. The van der Waals surface area contributed by atoms with E-state index in [1.807, 2.05) is 0 Å². The molecule has 0 aliphatic carbocycles. The number of carbonyl (C=O) groups is 1. The molecule has 0 unspecified atom stereocenters. The third kappa shape index (κ3) is 1.62. The lowest BCUT2D eigenvalue weighted by molar-refractivity contribution is -0.126. The summed E-state index contributed by atoms with van der Waals surface area (Å²) in [6.07, 6.45) is 0.493. The Morgan fingerprint density at radius 2 is 2.14 bits per heavy atom. The van der Waals surface area contributed by atoms with Crippen molar-refractivity contribution < 1.29 is 9.90 Å². The fraction of sp³-hybridized carbons (Fsp3) is 0.438. The molecule has 2 aliphatic rings. The van der Waals surface area contributed by atoms with Crippen LogP contribution in [-0.4, -0.2) is 22.7 Å². The van der Waals surface area contributed by atoms with Crippen LogP contribution in [0.1, 0.15) is 31.7 Å². The van der Waals surface area contributed by atoms with Gasteiger partial charge in [-0.05, 0) is 25.0 Å². The molecule has 0 spiro atoms. The van der Waals surface area contributed by atoms with Crippen LogP contribution in [-0.2, 0) is 10.2 Å². The van der Waals surface area contributed by atoms with E-state index < -0.39 is 17.1 Å². The Morgan fingerprint density at radius 1 is 1.43 bits per heavy atom. The van der Waals surface area contributed by atoms with Gasteiger partial charge in [-0.3, -0.25) is 4.79 Å². The van der Waals surface area contributed by atoms with Gasteiger partial charge in [0.1, 0.15) is 5.41 Å².